The van der Waals surface area contributed by atoms with Gasteiger partial charge in [-0.2, -0.15) is 0 Å². The van der Waals surface area contributed by atoms with Crippen LogP contribution in [0.4, 0.5) is 0 Å². The first-order valence-electron chi connectivity index (χ1n) is 10.5. The molecule has 2 aliphatic rings. The summed E-state index contributed by atoms with van der Waals surface area (Å²) in [6, 6.07) is 0.490. The maximum atomic E-state index is 12.4. The number of rotatable bonds is 5. The van der Waals surface area contributed by atoms with Crippen LogP contribution in [0.2, 0.25) is 0 Å². The molecule has 29 heavy (non-hydrogen) atoms. The van der Waals surface area contributed by atoms with Gasteiger partial charge in [0.1, 0.15) is 12.4 Å². The molecule has 9 nitrogen and oxygen atoms in total. The van der Waals surface area contributed by atoms with Gasteiger partial charge in [-0.15, -0.1) is 10.2 Å². The van der Waals surface area contributed by atoms with Gasteiger partial charge in [0.15, 0.2) is 21.6 Å². The molecule has 164 valence electrons. The lowest BCUT2D eigenvalue weighted by Gasteiger charge is -2.39. The van der Waals surface area contributed by atoms with Gasteiger partial charge in [0.25, 0.3) is 0 Å². The number of nitrogens with zero attached hydrogens (tertiary/aromatic N) is 6. The summed E-state index contributed by atoms with van der Waals surface area (Å²) in [4.78, 5) is 9.38. The first-order chi connectivity index (χ1) is 13.6. The number of hydrogen-bond acceptors (Lipinski definition) is 6. The average molecular weight is 426 g/mol. The predicted octanol–water partition coefficient (Wildman–Crippen LogP) is 0.562. The highest BCUT2D eigenvalue weighted by Crippen LogP contribution is 2.24. The molecule has 2 aliphatic heterocycles. The monoisotopic (exact) mass is 425 g/mol. The van der Waals surface area contributed by atoms with Gasteiger partial charge in [0.2, 0.25) is 0 Å². The van der Waals surface area contributed by atoms with Crippen LogP contribution >= 0.6 is 0 Å². The summed E-state index contributed by atoms with van der Waals surface area (Å²) in [6.45, 7) is 12.0. The highest BCUT2D eigenvalue weighted by atomic mass is 32.2. The van der Waals surface area contributed by atoms with Crippen molar-refractivity contribution in [1.82, 2.24) is 29.9 Å². The Morgan fingerprint density at radius 3 is 2.69 bits per heavy atom. The third kappa shape index (κ3) is 4.74. The summed E-state index contributed by atoms with van der Waals surface area (Å²) < 4.78 is 26.0. The summed E-state index contributed by atoms with van der Waals surface area (Å²) in [7, 11) is -1.17. The van der Waals surface area contributed by atoms with Crippen molar-refractivity contribution in [3.05, 3.63) is 11.6 Å². The number of aliphatic imine (C=N–C) groups is 1. The van der Waals surface area contributed by atoms with E-state index in [9.17, 15) is 8.42 Å². The normalized spacial score (nSPS) is 24.8. The van der Waals surface area contributed by atoms with Gasteiger partial charge >= 0.3 is 0 Å². The van der Waals surface area contributed by atoms with Crippen molar-refractivity contribution < 1.29 is 8.42 Å². The van der Waals surface area contributed by atoms with Gasteiger partial charge in [0.05, 0.1) is 10.5 Å². The Kier molecular flexibility index (Phi) is 6.52. The van der Waals surface area contributed by atoms with Gasteiger partial charge in [-0.25, -0.2) is 13.4 Å². The van der Waals surface area contributed by atoms with Crippen molar-refractivity contribution in [2.75, 3.05) is 38.5 Å². The molecule has 1 unspecified atom stereocenters. The molecule has 1 atom stereocenters. The Morgan fingerprint density at radius 1 is 1.31 bits per heavy atom. The Labute approximate surface area is 174 Å². The average Bonchev–Trinajstić information content (AvgIpc) is 3.25. The van der Waals surface area contributed by atoms with E-state index in [-0.39, 0.29) is 5.75 Å². The molecule has 2 saturated heterocycles. The number of likely N-dealkylation sites (tertiary alicyclic amines) is 1. The Hall–Kier alpha value is -1.68. The van der Waals surface area contributed by atoms with E-state index in [4.69, 9.17) is 4.99 Å². The van der Waals surface area contributed by atoms with Crippen LogP contribution < -0.4 is 5.32 Å². The molecule has 10 heteroatoms. The van der Waals surface area contributed by atoms with Crippen LogP contribution in [0, 0.1) is 6.92 Å². The minimum atomic E-state index is -3.10. The summed E-state index contributed by atoms with van der Waals surface area (Å²) in [5.41, 5.74) is 0. The molecule has 1 aromatic heterocycles. The minimum Gasteiger partial charge on any atom is -0.355 e. The Balaban J connectivity index is 1.77. The standard InChI is InChI=1S/C19H35N7O2S/c1-6-25-9-7-8-16(25)12-20-18(21-13-17-23-22-15(2)24(17)5)26-10-11-29(27,28)19(3,4)14-26/h16H,6-14H2,1-5H3,(H,20,21). The molecule has 1 aromatic rings. The molecule has 1 N–H and O–H groups in total. The second kappa shape index (κ2) is 8.59. The SMILES string of the molecule is CCN1CCCC1CNC(=NCc1nnc(C)n1C)N1CCS(=O)(=O)C(C)(C)C1. The number of aryl methyl sites for hydroxylation is 1. The smallest absolute Gasteiger partial charge is 0.194 e. The van der Waals surface area contributed by atoms with Crippen molar-refractivity contribution in [2.24, 2.45) is 12.0 Å². The van der Waals surface area contributed by atoms with Gasteiger partial charge < -0.3 is 14.8 Å². The first kappa shape index (κ1) is 22.0. The fraction of sp³-hybridized carbons (Fsp3) is 0.842. The molecular formula is C19H35N7O2S. The van der Waals surface area contributed by atoms with Crippen LogP contribution in [0.3, 0.4) is 0 Å². The van der Waals surface area contributed by atoms with E-state index in [1.165, 1.54) is 12.8 Å². The Bertz CT molecular complexity index is 847. The van der Waals surface area contributed by atoms with Crippen LogP contribution in [0.25, 0.3) is 0 Å². The Morgan fingerprint density at radius 2 is 2.07 bits per heavy atom. The number of hydrogen-bond donors (Lipinski definition) is 1. The zero-order valence-electron chi connectivity index (χ0n) is 18.3. The van der Waals surface area contributed by atoms with Crippen LogP contribution in [0.15, 0.2) is 4.99 Å². The molecule has 0 amide bonds. The second-order valence-corrected chi connectivity index (χ2v) is 11.4. The fourth-order valence-electron chi connectivity index (χ4n) is 4.08. The van der Waals surface area contributed by atoms with E-state index in [0.717, 1.165) is 37.2 Å². The van der Waals surface area contributed by atoms with Gasteiger partial charge in [-0.1, -0.05) is 6.92 Å². The van der Waals surface area contributed by atoms with Gasteiger partial charge in [-0.05, 0) is 46.7 Å². The van der Waals surface area contributed by atoms with Crippen LogP contribution in [-0.4, -0.2) is 88.2 Å². The summed E-state index contributed by atoms with van der Waals surface area (Å²) in [5.74, 6) is 2.55. The topological polar surface area (TPSA) is 95.7 Å². The molecular weight excluding hydrogens is 390 g/mol. The highest BCUT2D eigenvalue weighted by molar-refractivity contribution is 7.92. The lowest BCUT2D eigenvalue weighted by atomic mass is 10.2. The molecule has 2 fully saturated rings. The lowest BCUT2D eigenvalue weighted by Crippen LogP contribution is -2.58. The zero-order chi connectivity index (χ0) is 21.2. The molecule has 0 saturated carbocycles. The number of likely N-dealkylation sites (N-methyl/N-ethyl adjacent to an activating group) is 1. The molecule has 0 aliphatic carbocycles. The third-order valence-electron chi connectivity index (χ3n) is 6.30. The summed E-state index contributed by atoms with van der Waals surface area (Å²) in [6.07, 6.45) is 2.40. The van der Waals surface area contributed by atoms with Crippen molar-refractivity contribution >= 4 is 15.8 Å². The number of guanidine groups is 1. The minimum absolute atomic E-state index is 0.147. The molecule has 0 bridgehead atoms. The maximum Gasteiger partial charge on any atom is 0.194 e. The largest absolute Gasteiger partial charge is 0.355 e. The van der Waals surface area contributed by atoms with Crippen molar-refractivity contribution in [3.63, 3.8) is 0 Å². The van der Waals surface area contributed by atoms with E-state index in [1.807, 2.05) is 18.5 Å². The molecule has 0 spiro atoms. The number of sulfone groups is 1. The predicted molar refractivity (Wildman–Crippen MR) is 115 cm³/mol. The fourth-order valence-corrected chi connectivity index (χ4v) is 5.44. The molecule has 3 rings (SSSR count). The second-order valence-electron chi connectivity index (χ2n) is 8.67. The summed E-state index contributed by atoms with van der Waals surface area (Å²) in [5, 5.41) is 11.8. The van der Waals surface area contributed by atoms with Crippen molar-refractivity contribution in [2.45, 2.75) is 57.9 Å². The van der Waals surface area contributed by atoms with E-state index in [2.05, 4.69) is 32.2 Å². The van der Waals surface area contributed by atoms with Crippen molar-refractivity contribution in [3.8, 4) is 0 Å². The van der Waals surface area contributed by atoms with E-state index < -0.39 is 14.6 Å². The van der Waals surface area contributed by atoms with E-state index >= 15 is 0 Å². The van der Waals surface area contributed by atoms with Crippen LogP contribution in [0.5, 0.6) is 0 Å². The van der Waals surface area contributed by atoms with Crippen LogP contribution in [0.1, 0.15) is 45.3 Å². The lowest BCUT2D eigenvalue weighted by molar-refractivity contribution is 0.263. The highest BCUT2D eigenvalue weighted by Gasteiger charge is 2.41. The molecule has 3 heterocycles. The number of aromatic nitrogens is 3. The quantitative estimate of drug-likeness (QED) is 0.544. The zero-order valence-corrected chi connectivity index (χ0v) is 19.2. The number of nitrogens with one attached hydrogen (secondary N) is 1. The van der Waals surface area contributed by atoms with Gasteiger partial charge in [0, 0.05) is 32.7 Å². The molecule has 0 radical (unpaired) electrons. The van der Waals surface area contributed by atoms with E-state index in [0.29, 0.717) is 25.7 Å². The van der Waals surface area contributed by atoms with E-state index in [1.54, 1.807) is 13.8 Å². The first-order valence-corrected chi connectivity index (χ1v) is 12.1. The van der Waals surface area contributed by atoms with Gasteiger partial charge in [-0.3, -0.25) is 4.90 Å². The molecule has 0 aromatic carbocycles. The van der Waals surface area contributed by atoms with Crippen LogP contribution in [-0.2, 0) is 23.4 Å². The maximum absolute atomic E-state index is 12.4. The summed E-state index contributed by atoms with van der Waals surface area (Å²) >= 11 is 0. The third-order valence-corrected chi connectivity index (χ3v) is 8.83. The van der Waals surface area contributed by atoms with Crippen molar-refractivity contribution in [1.29, 1.82) is 0 Å².